The van der Waals surface area contributed by atoms with Crippen molar-refractivity contribution in [1.82, 2.24) is 9.78 Å². The highest BCUT2D eigenvalue weighted by Gasteiger charge is 2.32. The van der Waals surface area contributed by atoms with Gasteiger partial charge in [0.25, 0.3) is 5.91 Å². The summed E-state index contributed by atoms with van der Waals surface area (Å²) >= 11 is 0. The van der Waals surface area contributed by atoms with E-state index < -0.39 is 0 Å². The number of furan rings is 1. The van der Waals surface area contributed by atoms with Gasteiger partial charge in [-0.15, -0.1) is 0 Å². The molecule has 0 bridgehead atoms. The first-order valence-electron chi connectivity index (χ1n) is 10.2. The number of nitrogens with zero attached hydrogens (tertiary/aromatic N) is 3. The van der Waals surface area contributed by atoms with Crippen LogP contribution in [0.1, 0.15) is 35.0 Å². The lowest BCUT2D eigenvalue weighted by Gasteiger charge is -2.35. The Balaban J connectivity index is 1.64. The lowest BCUT2D eigenvalue weighted by atomic mass is 9.95. The Bertz CT molecular complexity index is 1210. The van der Waals surface area contributed by atoms with E-state index in [1.54, 1.807) is 4.68 Å². The molecule has 2 aromatic heterocycles. The lowest BCUT2D eigenvalue weighted by Crippen LogP contribution is -2.42. The van der Waals surface area contributed by atoms with Crippen molar-refractivity contribution in [2.45, 2.75) is 32.7 Å². The average Bonchev–Trinajstić information content (AvgIpc) is 3.40. The van der Waals surface area contributed by atoms with Gasteiger partial charge in [0.15, 0.2) is 5.76 Å². The summed E-state index contributed by atoms with van der Waals surface area (Å²) < 4.78 is 7.60. The molecule has 0 radical (unpaired) electrons. The molecular formula is C25H23N3O2. The summed E-state index contributed by atoms with van der Waals surface area (Å²) in [6.45, 7) is 3.99. The normalized spacial score (nSPS) is 15.8. The molecule has 2 aromatic carbocycles. The molecule has 150 valence electrons. The van der Waals surface area contributed by atoms with Crippen LogP contribution in [0, 0.1) is 6.92 Å². The number of anilines is 1. The minimum absolute atomic E-state index is 0.0547. The van der Waals surface area contributed by atoms with E-state index >= 15 is 0 Å². The predicted molar refractivity (Wildman–Crippen MR) is 117 cm³/mol. The molecule has 0 unspecified atom stereocenters. The second-order valence-electron chi connectivity index (χ2n) is 7.77. The molecule has 0 fully saturated rings. The Kier molecular flexibility index (Phi) is 4.51. The van der Waals surface area contributed by atoms with Crippen molar-refractivity contribution in [3.63, 3.8) is 0 Å². The van der Waals surface area contributed by atoms with Crippen molar-refractivity contribution in [3.05, 3.63) is 89.8 Å². The third kappa shape index (κ3) is 3.12. The highest BCUT2D eigenvalue weighted by atomic mass is 16.3. The molecular weight excluding hydrogens is 374 g/mol. The average molecular weight is 397 g/mol. The molecule has 5 heteroatoms. The molecule has 30 heavy (non-hydrogen) atoms. The van der Waals surface area contributed by atoms with Crippen LogP contribution in [0.3, 0.4) is 0 Å². The first-order chi connectivity index (χ1) is 14.6. The second-order valence-corrected chi connectivity index (χ2v) is 7.77. The Labute approximate surface area is 175 Å². The van der Waals surface area contributed by atoms with Crippen molar-refractivity contribution in [3.8, 4) is 17.1 Å². The molecule has 0 saturated heterocycles. The molecule has 4 aromatic rings. The highest BCUT2D eigenvalue weighted by Crippen LogP contribution is 2.34. The van der Waals surface area contributed by atoms with Gasteiger partial charge in [0, 0.05) is 17.9 Å². The standard InChI is InChI=1S/C25H23N3O2/c1-17-12-14-19-8-6-7-11-22(19)28(17)25(29)21-16-27(20-9-4-3-5-10-20)26-24(21)23-15-13-18(2)30-23/h3-11,13,15-17H,12,14H2,1-2H3/t17-/m0/s1. The largest absolute Gasteiger partial charge is 0.460 e. The topological polar surface area (TPSA) is 51.3 Å². The van der Waals surface area contributed by atoms with Crippen LogP contribution in [0.25, 0.3) is 17.1 Å². The Morgan fingerprint density at radius 2 is 1.80 bits per heavy atom. The van der Waals surface area contributed by atoms with Crippen molar-refractivity contribution >= 4 is 11.6 Å². The van der Waals surface area contributed by atoms with Crippen LogP contribution < -0.4 is 4.90 Å². The van der Waals surface area contributed by atoms with Gasteiger partial charge in [0.1, 0.15) is 11.5 Å². The molecule has 0 saturated carbocycles. The SMILES string of the molecule is Cc1ccc(-c2nn(-c3ccccc3)cc2C(=O)N2c3ccccc3CC[C@@H]2C)o1. The minimum Gasteiger partial charge on any atom is -0.460 e. The van der Waals surface area contributed by atoms with Crippen LogP contribution in [0.2, 0.25) is 0 Å². The summed E-state index contributed by atoms with van der Waals surface area (Å²) in [5.74, 6) is 1.33. The number of carbonyl (C=O) groups excluding carboxylic acids is 1. The van der Waals surface area contributed by atoms with Gasteiger partial charge in [0.2, 0.25) is 0 Å². The number of benzene rings is 2. The molecule has 1 amide bonds. The van der Waals surface area contributed by atoms with E-state index in [1.165, 1.54) is 5.56 Å². The number of rotatable bonds is 3. The number of carbonyl (C=O) groups is 1. The van der Waals surface area contributed by atoms with Crippen molar-refractivity contribution in [1.29, 1.82) is 0 Å². The summed E-state index contributed by atoms with van der Waals surface area (Å²) in [4.78, 5) is 15.8. The van der Waals surface area contributed by atoms with Crippen LogP contribution in [-0.4, -0.2) is 21.7 Å². The fourth-order valence-electron chi connectivity index (χ4n) is 4.11. The van der Waals surface area contributed by atoms with Gasteiger partial charge in [0.05, 0.1) is 11.3 Å². The molecule has 5 nitrogen and oxygen atoms in total. The Morgan fingerprint density at radius 3 is 2.57 bits per heavy atom. The van der Waals surface area contributed by atoms with Gasteiger partial charge >= 0.3 is 0 Å². The number of hydrogen-bond acceptors (Lipinski definition) is 3. The number of para-hydroxylation sites is 2. The Hall–Kier alpha value is -3.60. The maximum absolute atomic E-state index is 13.8. The first-order valence-corrected chi connectivity index (χ1v) is 10.2. The molecule has 0 N–H and O–H groups in total. The predicted octanol–water partition coefficient (Wildman–Crippen LogP) is 5.42. The third-order valence-corrected chi connectivity index (χ3v) is 5.68. The molecule has 5 rings (SSSR count). The summed E-state index contributed by atoms with van der Waals surface area (Å²) in [7, 11) is 0. The van der Waals surface area contributed by atoms with Gasteiger partial charge in [-0.1, -0.05) is 36.4 Å². The van der Waals surface area contributed by atoms with Crippen molar-refractivity contribution in [2.75, 3.05) is 4.90 Å². The molecule has 1 aliphatic rings. The quantitative estimate of drug-likeness (QED) is 0.464. The highest BCUT2D eigenvalue weighted by molar-refractivity contribution is 6.10. The zero-order chi connectivity index (χ0) is 20.7. The maximum atomic E-state index is 13.8. The maximum Gasteiger partial charge on any atom is 0.262 e. The van der Waals surface area contributed by atoms with Gasteiger partial charge in [-0.2, -0.15) is 5.10 Å². The van der Waals surface area contributed by atoms with Gasteiger partial charge < -0.3 is 9.32 Å². The number of aryl methyl sites for hydroxylation is 2. The smallest absolute Gasteiger partial charge is 0.262 e. The van der Waals surface area contributed by atoms with Crippen LogP contribution in [-0.2, 0) is 6.42 Å². The molecule has 0 aliphatic carbocycles. The minimum atomic E-state index is -0.0547. The van der Waals surface area contributed by atoms with E-state index in [2.05, 4.69) is 13.0 Å². The van der Waals surface area contributed by atoms with Crippen molar-refractivity contribution < 1.29 is 9.21 Å². The number of fused-ring (bicyclic) bond motifs is 1. The van der Waals surface area contributed by atoms with Gasteiger partial charge in [-0.25, -0.2) is 4.68 Å². The van der Waals surface area contributed by atoms with Crippen molar-refractivity contribution in [2.24, 2.45) is 0 Å². The number of amides is 1. The van der Waals surface area contributed by atoms with E-state index in [4.69, 9.17) is 9.52 Å². The van der Waals surface area contributed by atoms with E-state index in [0.29, 0.717) is 17.0 Å². The Morgan fingerprint density at radius 1 is 1.03 bits per heavy atom. The lowest BCUT2D eigenvalue weighted by molar-refractivity contribution is 0.0975. The van der Waals surface area contributed by atoms with Crippen LogP contribution >= 0.6 is 0 Å². The summed E-state index contributed by atoms with van der Waals surface area (Å²) in [5, 5.41) is 4.74. The molecule has 0 spiro atoms. The summed E-state index contributed by atoms with van der Waals surface area (Å²) in [5.41, 5.74) is 4.18. The fourth-order valence-corrected chi connectivity index (χ4v) is 4.11. The van der Waals surface area contributed by atoms with Crippen LogP contribution in [0.15, 0.2) is 77.3 Å². The molecule has 3 heterocycles. The van der Waals surface area contributed by atoms with Gasteiger partial charge in [-0.05, 0) is 62.6 Å². The molecule has 1 aliphatic heterocycles. The zero-order valence-electron chi connectivity index (χ0n) is 17.1. The first kappa shape index (κ1) is 18.4. The second kappa shape index (κ2) is 7.34. The van der Waals surface area contributed by atoms with E-state index in [0.717, 1.165) is 30.0 Å². The number of aromatic nitrogens is 2. The van der Waals surface area contributed by atoms with E-state index in [1.807, 2.05) is 78.7 Å². The fraction of sp³-hybridized carbons (Fsp3) is 0.200. The zero-order valence-corrected chi connectivity index (χ0v) is 17.1. The third-order valence-electron chi connectivity index (χ3n) is 5.68. The van der Waals surface area contributed by atoms with E-state index in [9.17, 15) is 4.79 Å². The summed E-state index contributed by atoms with van der Waals surface area (Å²) in [6.07, 6.45) is 3.73. The van der Waals surface area contributed by atoms with Gasteiger partial charge in [-0.3, -0.25) is 4.79 Å². The van der Waals surface area contributed by atoms with Crippen LogP contribution in [0.5, 0.6) is 0 Å². The van der Waals surface area contributed by atoms with Crippen LogP contribution in [0.4, 0.5) is 5.69 Å². The number of hydrogen-bond donors (Lipinski definition) is 0. The summed E-state index contributed by atoms with van der Waals surface area (Å²) in [6, 6.07) is 21.8. The monoisotopic (exact) mass is 397 g/mol. The molecule has 1 atom stereocenters. The van der Waals surface area contributed by atoms with E-state index in [-0.39, 0.29) is 11.9 Å².